The zero-order valence-corrected chi connectivity index (χ0v) is 39.9. The minimum Gasteiger partial charge on any atom is -0.466 e. The van der Waals surface area contributed by atoms with Gasteiger partial charge in [0.15, 0.2) is 0 Å². The standard InChI is InChI=1S/C51H99NO6/c1-8-12-22-31-46(32-23-13-9-2)40-43-56-49(53)37-28-19-17-16-18-26-35-48(58-51(55)39-30-42-52(7)45(5)6)36-27-20-21-29-38-50(54)57-44-41-47(33-24-14-10-3)34-25-15-11-4/h45-48H,8-44H2,1-7H3. The van der Waals surface area contributed by atoms with Gasteiger partial charge in [0.1, 0.15) is 6.10 Å². The van der Waals surface area contributed by atoms with Crippen LogP contribution in [0.25, 0.3) is 0 Å². The lowest BCUT2D eigenvalue weighted by molar-refractivity contribution is -0.150. The third-order valence-electron chi connectivity index (χ3n) is 12.3. The van der Waals surface area contributed by atoms with Gasteiger partial charge in [0.05, 0.1) is 13.2 Å². The summed E-state index contributed by atoms with van der Waals surface area (Å²) >= 11 is 0. The zero-order chi connectivity index (χ0) is 42.9. The summed E-state index contributed by atoms with van der Waals surface area (Å²) in [5, 5.41) is 0. The molecule has 7 nitrogen and oxygen atoms in total. The van der Waals surface area contributed by atoms with E-state index in [1.165, 1.54) is 103 Å². The minimum atomic E-state index is -0.0711. The lowest BCUT2D eigenvalue weighted by Crippen LogP contribution is -2.28. The van der Waals surface area contributed by atoms with E-state index in [0.29, 0.717) is 50.4 Å². The first-order chi connectivity index (χ1) is 28.2. The van der Waals surface area contributed by atoms with E-state index < -0.39 is 0 Å². The Bertz CT molecular complexity index is 905. The van der Waals surface area contributed by atoms with Crippen LogP contribution in [0.4, 0.5) is 0 Å². The normalized spacial score (nSPS) is 12.3. The second-order valence-corrected chi connectivity index (χ2v) is 18.1. The van der Waals surface area contributed by atoms with Crippen molar-refractivity contribution in [1.29, 1.82) is 0 Å². The summed E-state index contributed by atoms with van der Waals surface area (Å²) in [5.41, 5.74) is 0. The van der Waals surface area contributed by atoms with Gasteiger partial charge < -0.3 is 19.1 Å². The molecule has 58 heavy (non-hydrogen) atoms. The molecular weight excluding hydrogens is 723 g/mol. The maximum atomic E-state index is 12.8. The van der Waals surface area contributed by atoms with Gasteiger partial charge in [0, 0.05) is 25.3 Å². The molecule has 0 saturated heterocycles. The molecule has 344 valence electrons. The second kappa shape index (κ2) is 42.1. The second-order valence-electron chi connectivity index (χ2n) is 18.1. The molecule has 0 rings (SSSR count). The molecule has 0 aromatic heterocycles. The van der Waals surface area contributed by atoms with Crippen LogP contribution < -0.4 is 0 Å². The van der Waals surface area contributed by atoms with Crippen LogP contribution in [0.15, 0.2) is 0 Å². The van der Waals surface area contributed by atoms with E-state index in [2.05, 4.69) is 53.5 Å². The van der Waals surface area contributed by atoms with E-state index in [1.54, 1.807) is 0 Å². The Morgan fingerprint density at radius 3 is 1.14 bits per heavy atom. The summed E-state index contributed by atoms with van der Waals surface area (Å²) < 4.78 is 17.3. The van der Waals surface area contributed by atoms with Gasteiger partial charge in [-0.1, -0.05) is 169 Å². The molecule has 0 aromatic rings. The third kappa shape index (κ3) is 37.4. The number of rotatable bonds is 44. The van der Waals surface area contributed by atoms with Crippen LogP contribution in [0, 0.1) is 11.8 Å². The van der Waals surface area contributed by atoms with Crippen LogP contribution in [0.5, 0.6) is 0 Å². The highest BCUT2D eigenvalue weighted by Crippen LogP contribution is 2.23. The molecule has 0 N–H and O–H groups in total. The Morgan fingerprint density at radius 2 is 0.759 bits per heavy atom. The summed E-state index contributed by atoms with van der Waals surface area (Å²) in [6.45, 7) is 15.4. The largest absolute Gasteiger partial charge is 0.466 e. The number of carbonyl (C=O) groups excluding carboxylic acids is 3. The third-order valence-corrected chi connectivity index (χ3v) is 12.3. The molecule has 0 heterocycles. The quantitative estimate of drug-likeness (QED) is 0.0344. The fourth-order valence-electron chi connectivity index (χ4n) is 8.00. The van der Waals surface area contributed by atoms with Crippen molar-refractivity contribution in [2.75, 3.05) is 26.8 Å². The molecule has 1 unspecified atom stereocenters. The van der Waals surface area contributed by atoms with E-state index in [1.807, 2.05) is 0 Å². The molecule has 0 fully saturated rings. The van der Waals surface area contributed by atoms with Gasteiger partial charge >= 0.3 is 17.9 Å². The van der Waals surface area contributed by atoms with Crippen LogP contribution in [0.1, 0.15) is 260 Å². The van der Waals surface area contributed by atoms with Crippen molar-refractivity contribution in [2.45, 2.75) is 272 Å². The molecule has 1 atom stereocenters. The highest BCUT2D eigenvalue weighted by molar-refractivity contribution is 5.70. The van der Waals surface area contributed by atoms with Crippen molar-refractivity contribution in [1.82, 2.24) is 4.90 Å². The number of hydrogen-bond acceptors (Lipinski definition) is 7. The van der Waals surface area contributed by atoms with E-state index >= 15 is 0 Å². The number of carbonyl (C=O) groups is 3. The molecular formula is C51H99NO6. The van der Waals surface area contributed by atoms with Gasteiger partial charge in [-0.05, 0) is 97.1 Å². The van der Waals surface area contributed by atoms with Crippen LogP contribution in [-0.4, -0.2) is 61.8 Å². The van der Waals surface area contributed by atoms with Crippen molar-refractivity contribution in [3.63, 3.8) is 0 Å². The lowest BCUT2D eigenvalue weighted by atomic mass is 9.92. The predicted molar refractivity (Wildman–Crippen MR) is 246 cm³/mol. The van der Waals surface area contributed by atoms with Gasteiger partial charge in [0.25, 0.3) is 0 Å². The highest BCUT2D eigenvalue weighted by Gasteiger charge is 2.16. The van der Waals surface area contributed by atoms with Crippen molar-refractivity contribution < 1.29 is 28.6 Å². The topological polar surface area (TPSA) is 82.1 Å². The molecule has 0 aliphatic carbocycles. The molecule has 0 amide bonds. The van der Waals surface area contributed by atoms with Crippen molar-refractivity contribution in [3.8, 4) is 0 Å². The van der Waals surface area contributed by atoms with E-state index in [-0.39, 0.29) is 24.0 Å². The van der Waals surface area contributed by atoms with E-state index in [0.717, 1.165) is 103 Å². The molecule has 0 aliphatic rings. The summed E-state index contributed by atoms with van der Waals surface area (Å²) in [6.07, 6.45) is 36.8. The highest BCUT2D eigenvalue weighted by atomic mass is 16.5. The molecule has 0 spiro atoms. The van der Waals surface area contributed by atoms with Crippen LogP contribution in [0.3, 0.4) is 0 Å². The molecule has 0 aromatic carbocycles. The van der Waals surface area contributed by atoms with Gasteiger partial charge in [-0.15, -0.1) is 0 Å². The Balaban J connectivity index is 4.46. The molecule has 7 heteroatoms. The van der Waals surface area contributed by atoms with Gasteiger partial charge in [0.2, 0.25) is 0 Å². The smallest absolute Gasteiger partial charge is 0.306 e. The maximum absolute atomic E-state index is 12.8. The van der Waals surface area contributed by atoms with Gasteiger partial charge in [-0.25, -0.2) is 0 Å². The van der Waals surface area contributed by atoms with Crippen molar-refractivity contribution in [2.24, 2.45) is 11.8 Å². The fraction of sp³-hybridized carbons (Fsp3) is 0.941. The summed E-state index contributed by atoms with van der Waals surface area (Å²) in [5.74, 6) is 1.23. The van der Waals surface area contributed by atoms with E-state index in [9.17, 15) is 14.4 Å². The number of nitrogens with zero attached hydrogens (tertiary/aromatic N) is 1. The maximum Gasteiger partial charge on any atom is 0.306 e. The first kappa shape index (κ1) is 56.4. The van der Waals surface area contributed by atoms with Crippen molar-refractivity contribution >= 4 is 17.9 Å². The van der Waals surface area contributed by atoms with Crippen LogP contribution in [-0.2, 0) is 28.6 Å². The first-order valence-corrected chi connectivity index (χ1v) is 25.4. The lowest BCUT2D eigenvalue weighted by Gasteiger charge is -2.21. The number of ether oxygens (including phenoxy) is 3. The summed E-state index contributed by atoms with van der Waals surface area (Å²) in [7, 11) is 2.10. The monoisotopic (exact) mass is 822 g/mol. The SMILES string of the molecule is CCCCCC(CCCCC)CCOC(=O)CCCCCCCCC(CCCCCCC(=O)OCCC(CCCCC)CCCCC)OC(=O)CCCN(C)C(C)C. The molecule has 0 saturated carbocycles. The average molecular weight is 822 g/mol. The summed E-state index contributed by atoms with van der Waals surface area (Å²) in [6, 6.07) is 0.468. The van der Waals surface area contributed by atoms with Gasteiger partial charge in [-0.2, -0.15) is 0 Å². The first-order valence-electron chi connectivity index (χ1n) is 25.4. The molecule has 0 aliphatic heterocycles. The molecule has 0 radical (unpaired) electrons. The van der Waals surface area contributed by atoms with E-state index in [4.69, 9.17) is 14.2 Å². The minimum absolute atomic E-state index is 0.0315. The zero-order valence-electron chi connectivity index (χ0n) is 39.9. The Kier molecular flexibility index (Phi) is 40.9. The number of esters is 3. The number of hydrogen-bond donors (Lipinski definition) is 0. The Hall–Kier alpha value is -1.63. The fourth-order valence-corrected chi connectivity index (χ4v) is 8.00. The Morgan fingerprint density at radius 1 is 0.414 bits per heavy atom. The van der Waals surface area contributed by atoms with Crippen molar-refractivity contribution in [3.05, 3.63) is 0 Å². The van der Waals surface area contributed by atoms with Crippen LogP contribution >= 0.6 is 0 Å². The average Bonchev–Trinajstić information content (AvgIpc) is 3.19. The molecule has 0 bridgehead atoms. The Labute approximate surface area is 361 Å². The predicted octanol–water partition coefficient (Wildman–Crippen LogP) is 14.9. The number of unbranched alkanes of at least 4 members (excludes halogenated alkanes) is 16. The van der Waals surface area contributed by atoms with Crippen LogP contribution in [0.2, 0.25) is 0 Å². The summed E-state index contributed by atoms with van der Waals surface area (Å²) in [4.78, 5) is 39.9. The van der Waals surface area contributed by atoms with Gasteiger partial charge in [-0.3, -0.25) is 14.4 Å².